The highest BCUT2D eigenvalue weighted by Crippen LogP contribution is 2.30. The van der Waals surface area contributed by atoms with Crippen molar-refractivity contribution in [3.63, 3.8) is 0 Å². The fourth-order valence-corrected chi connectivity index (χ4v) is 4.86. The number of nitrogens with two attached hydrogens (primary N) is 1. The lowest BCUT2D eigenvalue weighted by Crippen LogP contribution is -2.36. The van der Waals surface area contributed by atoms with E-state index in [2.05, 4.69) is 15.3 Å². The van der Waals surface area contributed by atoms with Crippen LogP contribution in [0, 0.1) is 17.6 Å². The van der Waals surface area contributed by atoms with E-state index in [0.717, 1.165) is 32.5 Å². The Bertz CT molecular complexity index is 1280. The summed E-state index contributed by atoms with van der Waals surface area (Å²) < 4.78 is 35.6. The number of halogens is 2. The standard InChI is InChI=1S/C28H32F2N6O/c29-24-12-20(13-25(30)23(24)18-36-8-10-37-11-9-36)22-2-1-3-26-28(22)35-27(17-34-26)21(14-31)16-33-15-19-4-6-32-7-5-19/h1-3,12-14,16-17,19,32H,4-11,15,18,31H2/b21-14+,33-16?. The van der Waals surface area contributed by atoms with Gasteiger partial charge in [0.25, 0.3) is 0 Å². The first-order valence-electron chi connectivity index (χ1n) is 12.8. The fourth-order valence-electron chi connectivity index (χ4n) is 4.86. The molecule has 0 amide bonds. The number of allylic oxidation sites excluding steroid dienone is 1. The normalized spacial score (nSPS) is 18.2. The topological polar surface area (TPSA) is 88.7 Å². The zero-order valence-corrected chi connectivity index (χ0v) is 20.8. The summed E-state index contributed by atoms with van der Waals surface area (Å²) in [6.45, 7) is 5.44. The maximum Gasteiger partial charge on any atom is 0.131 e. The van der Waals surface area contributed by atoms with Crippen molar-refractivity contribution in [1.29, 1.82) is 0 Å². The van der Waals surface area contributed by atoms with Gasteiger partial charge < -0.3 is 15.8 Å². The molecule has 3 aromatic rings. The zero-order chi connectivity index (χ0) is 25.6. The molecule has 0 aliphatic carbocycles. The predicted octanol–water partition coefficient (Wildman–Crippen LogP) is 3.78. The number of nitrogens with one attached hydrogen (secondary N) is 1. The van der Waals surface area contributed by atoms with E-state index in [1.54, 1.807) is 18.5 Å². The van der Waals surface area contributed by atoms with Crippen LogP contribution >= 0.6 is 0 Å². The number of rotatable bonds is 7. The Morgan fingerprint density at radius 3 is 2.65 bits per heavy atom. The molecule has 9 heteroatoms. The van der Waals surface area contributed by atoms with Crippen LogP contribution in [0.15, 0.2) is 47.7 Å². The van der Waals surface area contributed by atoms with Gasteiger partial charge in [-0.3, -0.25) is 14.9 Å². The minimum absolute atomic E-state index is 0.0657. The minimum Gasteiger partial charge on any atom is -0.404 e. The van der Waals surface area contributed by atoms with Crippen LogP contribution in [0.1, 0.15) is 24.1 Å². The van der Waals surface area contributed by atoms with E-state index in [-0.39, 0.29) is 12.1 Å². The molecule has 5 rings (SSSR count). The summed E-state index contributed by atoms with van der Waals surface area (Å²) in [6, 6.07) is 8.19. The van der Waals surface area contributed by atoms with Crippen molar-refractivity contribution in [3.8, 4) is 11.1 Å². The first-order valence-corrected chi connectivity index (χ1v) is 12.8. The van der Waals surface area contributed by atoms with Crippen molar-refractivity contribution in [2.45, 2.75) is 19.4 Å². The summed E-state index contributed by atoms with van der Waals surface area (Å²) in [7, 11) is 0. The smallest absolute Gasteiger partial charge is 0.131 e. The molecule has 0 bridgehead atoms. The maximum absolute atomic E-state index is 15.1. The Morgan fingerprint density at radius 1 is 1.16 bits per heavy atom. The summed E-state index contributed by atoms with van der Waals surface area (Å²) in [5.74, 6) is -0.591. The van der Waals surface area contributed by atoms with Gasteiger partial charge in [0.05, 0.1) is 36.1 Å². The molecule has 3 N–H and O–H groups in total. The first kappa shape index (κ1) is 25.4. The molecule has 0 spiro atoms. The zero-order valence-electron chi connectivity index (χ0n) is 20.8. The van der Waals surface area contributed by atoms with Crippen LogP contribution in [0.2, 0.25) is 0 Å². The molecule has 7 nitrogen and oxygen atoms in total. The highest BCUT2D eigenvalue weighted by atomic mass is 19.1. The number of piperidine rings is 1. The molecule has 2 saturated heterocycles. The van der Waals surface area contributed by atoms with E-state index in [1.807, 2.05) is 17.0 Å². The predicted molar refractivity (Wildman–Crippen MR) is 142 cm³/mol. The first-order chi connectivity index (χ1) is 18.1. The van der Waals surface area contributed by atoms with Crippen LogP contribution in [-0.4, -0.2) is 67.0 Å². The number of ether oxygens (including phenoxy) is 1. The molecule has 0 radical (unpaired) electrons. The molecule has 0 saturated carbocycles. The van der Waals surface area contributed by atoms with Gasteiger partial charge in [-0.2, -0.15) is 0 Å². The van der Waals surface area contributed by atoms with Crippen LogP contribution in [0.4, 0.5) is 8.78 Å². The molecule has 37 heavy (non-hydrogen) atoms. The number of aromatic nitrogens is 2. The molecule has 3 heterocycles. The minimum atomic E-state index is -0.574. The molecular formula is C28H32F2N6O. The SMILES string of the molecule is N/C=C(\C=NCC1CCNCC1)c1cnc2cccc(-c3cc(F)c(CN4CCOCC4)c(F)c3)c2n1. The average Bonchev–Trinajstić information content (AvgIpc) is 2.93. The second kappa shape index (κ2) is 11.9. The van der Waals surface area contributed by atoms with Gasteiger partial charge >= 0.3 is 0 Å². The molecule has 2 aliphatic heterocycles. The number of morpholine rings is 1. The van der Waals surface area contributed by atoms with Crippen molar-refractivity contribution >= 4 is 22.8 Å². The van der Waals surface area contributed by atoms with Gasteiger partial charge in [0.1, 0.15) is 11.6 Å². The maximum atomic E-state index is 15.1. The highest BCUT2D eigenvalue weighted by molar-refractivity contribution is 6.09. The lowest BCUT2D eigenvalue weighted by atomic mass is 9.98. The Kier molecular flexibility index (Phi) is 8.13. The van der Waals surface area contributed by atoms with Crippen molar-refractivity contribution in [3.05, 3.63) is 65.6 Å². The van der Waals surface area contributed by atoms with Crippen LogP contribution in [0.25, 0.3) is 27.7 Å². The lowest BCUT2D eigenvalue weighted by molar-refractivity contribution is 0.0332. The van der Waals surface area contributed by atoms with Crippen LogP contribution < -0.4 is 11.1 Å². The lowest BCUT2D eigenvalue weighted by Gasteiger charge is -2.27. The van der Waals surface area contributed by atoms with E-state index in [0.29, 0.717) is 65.6 Å². The second-order valence-electron chi connectivity index (χ2n) is 9.55. The molecule has 194 valence electrons. The van der Waals surface area contributed by atoms with E-state index in [4.69, 9.17) is 15.5 Å². The second-order valence-corrected chi connectivity index (χ2v) is 9.55. The molecule has 0 atom stereocenters. The number of benzene rings is 2. The van der Waals surface area contributed by atoms with Crippen molar-refractivity contribution < 1.29 is 13.5 Å². The Labute approximate surface area is 215 Å². The quantitative estimate of drug-likeness (QED) is 0.474. The van der Waals surface area contributed by atoms with E-state index in [9.17, 15) is 0 Å². The van der Waals surface area contributed by atoms with Crippen molar-refractivity contribution in [1.82, 2.24) is 20.2 Å². The Hall–Kier alpha value is -3.27. The van der Waals surface area contributed by atoms with Gasteiger partial charge in [-0.05, 0) is 55.6 Å². The molecule has 2 aromatic carbocycles. The number of hydrogen-bond acceptors (Lipinski definition) is 7. The van der Waals surface area contributed by atoms with E-state index < -0.39 is 11.6 Å². The van der Waals surface area contributed by atoms with Crippen LogP contribution in [0.5, 0.6) is 0 Å². The van der Waals surface area contributed by atoms with Gasteiger partial charge in [0.2, 0.25) is 0 Å². The summed E-state index contributed by atoms with van der Waals surface area (Å²) in [4.78, 5) is 15.9. The van der Waals surface area contributed by atoms with Gasteiger partial charge in [0, 0.05) is 55.3 Å². The summed E-state index contributed by atoms with van der Waals surface area (Å²) in [6.07, 6.45) is 7.06. The molecule has 2 aliphatic rings. The fraction of sp³-hybridized carbons (Fsp3) is 0.393. The molecular weight excluding hydrogens is 474 g/mol. The number of hydrogen-bond donors (Lipinski definition) is 2. The monoisotopic (exact) mass is 506 g/mol. The van der Waals surface area contributed by atoms with Crippen LogP contribution in [0.3, 0.4) is 0 Å². The summed E-state index contributed by atoms with van der Waals surface area (Å²) in [5, 5.41) is 3.36. The number of nitrogens with zero attached hydrogens (tertiary/aromatic N) is 4. The highest BCUT2D eigenvalue weighted by Gasteiger charge is 2.19. The Morgan fingerprint density at radius 2 is 1.92 bits per heavy atom. The van der Waals surface area contributed by atoms with E-state index >= 15 is 8.78 Å². The van der Waals surface area contributed by atoms with Gasteiger partial charge in [-0.25, -0.2) is 13.8 Å². The largest absolute Gasteiger partial charge is 0.404 e. The summed E-state index contributed by atoms with van der Waals surface area (Å²) >= 11 is 0. The van der Waals surface area contributed by atoms with Crippen LogP contribution in [-0.2, 0) is 11.3 Å². The average molecular weight is 507 g/mol. The Balaban J connectivity index is 1.42. The third kappa shape index (κ3) is 6.01. The van der Waals surface area contributed by atoms with Gasteiger partial charge in [0.15, 0.2) is 0 Å². The van der Waals surface area contributed by atoms with Crippen molar-refractivity contribution in [2.24, 2.45) is 16.6 Å². The third-order valence-electron chi connectivity index (χ3n) is 7.04. The number of fused-ring (bicyclic) bond motifs is 1. The third-order valence-corrected chi connectivity index (χ3v) is 7.04. The number of para-hydroxylation sites is 1. The van der Waals surface area contributed by atoms with E-state index in [1.165, 1.54) is 18.3 Å². The number of aliphatic imine (C=N–C) groups is 1. The molecule has 1 aromatic heterocycles. The molecule has 0 unspecified atom stereocenters. The van der Waals surface area contributed by atoms with Gasteiger partial charge in [-0.1, -0.05) is 12.1 Å². The van der Waals surface area contributed by atoms with Gasteiger partial charge in [-0.15, -0.1) is 0 Å². The summed E-state index contributed by atoms with van der Waals surface area (Å²) in [5.41, 5.74) is 9.37. The molecule has 2 fully saturated rings. The van der Waals surface area contributed by atoms with Crippen molar-refractivity contribution in [2.75, 3.05) is 45.9 Å².